The van der Waals surface area contributed by atoms with Gasteiger partial charge in [-0.3, -0.25) is 4.79 Å². The molecule has 1 fully saturated rings. The topological polar surface area (TPSA) is 64.4 Å². The molecule has 0 aliphatic carbocycles. The first-order chi connectivity index (χ1) is 10.7. The first kappa shape index (κ1) is 14.8. The van der Waals surface area contributed by atoms with E-state index in [1.54, 1.807) is 0 Å². The maximum atomic E-state index is 12.0. The smallest absolute Gasteiger partial charge is 0.226 e. The second-order valence-corrected chi connectivity index (χ2v) is 5.50. The summed E-state index contributed by atoms with van der Waals surface area (Å²) in [7, 11) is 0. The predicted octanol–water partition coefficient (Wildman–Crippen LogP) is 2.49. The molecule has 2 aromatic rings. The normalized spacial score (nSPS) is 17.6. The van der Waals surface area contributed by atoms with Gasteiger partial charge in [-0.1, -0.05) is 18.2 Å². The summed E-state index contributed by atoms with van der Waals surface area (Å²) in [6, 6.07) is 9.68. The van der Waals surface area contributed by atoms with Gasteiger partial charge in [-0.25, -0.2) is 4.98 Å². The molecule has 1 amide bonds. The summed E-state index contributed by atoms with van der Waals surface area (Å²) in [6.45, 7) is 3.20. The van der Waals surface area contributed by atoms with E-state index in [1.165, 1.54) is 0 Å². The Morgan fingerprint density at radius 1 is 1.36 bits per heavy atom. The van der Waals surface area contributed by atoms with E-state index >= 15 is 0 Å². The highest BCUT2D eigenvalue weighted by Gasteiger charge is 2.18. The molecule has 1 aliphatic rings. The van der Waals surface area contributed by atoms with Crippen molar-refractivity contribution < 1.29 is 13.9 Å². The third-order valence-corrected chi connectivity index (χ3v) is 3.79. The third-order valence-electron chi connectivity index (χ3n) is 3.79. The van der Waals surface area contributed by atoms with E-state index in [0.29, 0.717) is 23.9 Å². The second-order valence-electron chi connectivity index (χ2n) is 5.50. The summed E-state index contributed by atoms with van der Waals surface area (Å²) in [5.41, 5.74) is 1.60. The van der Waals surface area contributed by atoms with Crippen molar-refractivity contribution in [2.45, 2.75) is 32.3 Å². The van der Waals surface area contributed by atoms with Gasteiger partial charge in [0.1, 0.15) is 5.76 Å². The first-order valence-corrected chi connectivity index (χ1v) is 7.62. The monoisotopic (exact) mass is 300 g/mol. The van der Waals surface area contributed by atoms with Gasteiger partial charge in [-0.05, 0) is 31.9 Å². The average Bonchev–Trinajstić information content (AvgIpc) is 3.17. The van der Waals surface area contributed by atoms with E-state index in [-0.39, 0.29) is 18.4 Å². The largest absolute Gasteiger partial charge is 0.441 e. The van der Waals surface area contributed by atoms with Crippen LogP contribution in [0.5, 0.6) is 0 Å². The lowest BCUT2D eigenvalue weighted by Gasteiger charge is -2.10. The zero-order chi connectivity index (χ0) is 15.4. The molecule has 22 heavy (non-hydrogen) atoms. The van der Waals surface area contributed by atoms with E-state index in [0.717, 1.165) is 25.0 Å². The van der Waals surface area contributed by atoms with Crippen LogP contribution in [-0.2, 0) is 16.0 Å². The van der Waals surface area contributed by atoms with Crippen LogP contribution in [0.25, 0.3) is 11.5 Å². The highest BCUT2D eigenvalue weighted by molar-refractivity contribution is 5.78. The number of aryl methyl sites for hydroxylation is 1. The molecule has 2 heterocycles. The number of hydrogen-bond donors (Lipinski definition) is 1. The van der Waals surface area contributed by atoms with Gasteiger partial charge < -0.3 is 14.5 Å². The van der Waals surface area contributed by atoms with E-state index in [1.807, 2.05) is 37.3 Å². The number of carbonyl (C=O) groups excluding carboxylic acids is 1. The van der Waals surface area contributed by atoms with Gasteiger partial charge in [0.05, 0.1) is 18.2 Å². The SMILES string of the molecule is Cc1oc(-c2ccccc2)nc1CC(=O)NC[C@@H]1CCCO1. The molecule has 0 bridgehead atoms. The molecule has 0 spiro atoms. The quantitative estimate of drug-likeness (QED) is 0.921. The van der Waals surface area contributed by atoms with Crippen molar-refractivity contribution in [1.82, 2.24) is 10.3 Å². The molecule has 116 valence electrons. The van der Waals surface area contributed by atoms with Crippen molar-refractivity contribution in [2.75, 3.05) is 13.2 Å². The minimum absolute atomic E-state index is 0.0495. The van der Waals surface area contributed by atoms with Crippen LogP contribution < -0.4 is 5.32 Å². The standard InChI is InChI=1S/C17H20N2O3/c1-12-15(10-16(20)18-11-14-8-5-9-21-14)19-17(22-12)13-6-3-2-4-7-13/h2-4,6-7,14H,5,8-11H2,1H3,(H,18,20)/t14-/m0/s1. The van der Waals surface area contributed by atoms with Crippen molar-refractivity contribution in [1.29, 1.82) is 0 Å². The zero-order valence-electron chi connectivity index (χ0n) is 12.7. The van der Waals surface area contributed by atoms with Crippen LogP contribution in [0.2, 0.25) is 0 Å². The summed E-state index contributed by atoms with van der Waals surface area (Å²) in [5.74, 6) is 1.19. The van der Waals surface area contributed by atoms with Crippen molar-refractivity contribution in [3.05, 3.63) is 41.8 Å². The Morgan fingerprint density at radius 3 is 2.91 bits per heavy atom. The zero-order valence-corrected chi connectivity index (χ0v) is 12.7. The fraction of sp³-hybridized carbons (Fsp3) is 0.412. The maximum Gasteiger partial charge on any atom is 0.226 e. The summed E-state index contributed by atoms with van der Waals surface area (Å²) in [4.78, 5) is 16.5. The lowest BCUT2D eigenvalue weighted by atomic mass is 10.2. The number of ether oxygens (including phenoxy) is 1. The molecule has 1 saturated heterocycles. The molecule has 1 atom stereocenters. The lowest BCUT2D eigenvalue weighted by molar-refractivity contribution is -0.121. The number of nitrogens with zero attached hydrogens (tertiary/aromatic N) is 1. The number of aromatic nitrogens is 1. The number of rotatable bonds is 5. The molecule has 3 rings (SSSR count). The van der Waals surface area contributed by atoms with Gasteiger partial charge in [0.2, 0.25) is 11.8 Å². The summed E-state index contributed by atoms with van der Waals surface area (Å²) in [5, 5.41) is 2.90. The Bertz CT molecular complexity index is 631. The van der Waals surface area contributed by atoms with E-state index in [9.17, 15) is 4.79 Å². The molecule has 0 saturated carbocycles. The first-order valence-electron chi connectivity index (χ1n) is 7.62. The minimum Gasteiger partial charge on any atom is -0.441 e. The number of benzene rings is 1. The number of amides is 1. The van der Waals surface area contributed by atoms with Gasteiger partial charge in [-0.15, -0.1) is 0 Å². The highest BCUT2D eigenvalue weighted by atomic mass is 16.5. The summed E-state index contributed by atoms with van der Waals surface area (Å²) >= 11 is 0. The van der Waals surface area contributed by atoms with Crippen LogP contribution in [0, 0.1) is 6.92 Å². The van der Waals surface area contributed by atoms with Crippen molar-refractivity contribution in [3.63, 3.8) is 0 Å². The van der Waals surface area contributed by atoms with Gasteiger partial charge in [0.15, 0.2) is 0 Å². The molecule has 1 N–H and O–H groups in total. The van der Waals surface area contributed by atoms with Crippen molar-refractivity contribution in [3.8, 4) is 11.5 Å². The molecule has 1 aliphatic heterocycles. The van der Waals surface area contributed by atoms with Crippen LogP contribution in [0.1, 0.15) is 24.3 Å². The summed E-state index contributed by atoms with van der Waals surface area (Å²) in [6.07, 6.45) is 2.47. The Hall–Kier alpha value is -2.14. The van der Waals surface area contributed by atoms with Gasteiger partial charge in [-0.2, -0.15) is 0 Å². The molecule has 0 unspecified atom stereocenters. The third kappa shape index (κ3) is 3.54. The fourth-order valence-corrected chi connectivity index (χ4v) is 2.54. The Kier molecular flexibility index (Phi) is 4.53. The van der Waals surface area contributed by atoms with E-state index in [4.69, 9.17) is 9.15 Å². The second kappa shape index (κ2) is 6.75. The van der Waals surface area contributed by atoms with E-state index < -0.39 is 0 Å². The maximum absolute atomic E-state index is 12.0. The van der Waals surface area contributed by atoms with Crippen LogP contribution in [0.4, 0.5) is 0 Å². The Balaban J connectivity index is 1.60. The molecular weight excluding hydrogens is 280 g/mol. The molecular formula is C17H20N2O3. The fourth-order valence-electron chi connectivity index (χ4n) is 2.54. The van der Waals surface area contributed by atoms with Crippen molar-refractivity contribution in [2.24, 2.45) is 0 Å². The van der Waals surface area contributed by atoms with E-state index in [2.05, 4.69) is 10.3 Å². The Morgan fingerprint density at radius 2 is 2.18 bits per heavy atom. The average molecular weight is 300 g/mol. The van der Waals surface area contributed by atoms with Crippen molar-refractivity contribution >= 4 is 5.91 Å². The number of carbonyl (C=O) groups is 1. The van der Waals surface area contributed by atoms with Crippen LogP contribution in [-0.4, -0.2) is 30.1 Å². The highest BCUT2D eigenvalue weighted by Crippen LogP contribution is 2.21. The molecule has 5 nitrogen and oxygen atoms in total. The molecule has 1 aromatic heterocycles. The number of nitrogens with one attached hydrogen (secondary N) is 1. The molecule has 5 heteroatoms. The minimum atomic E-state index is -0.0495. The number of oxazole rings is 1. The lowest BCUT2D eigenvalue weighted by Crippen LogP contribution is -2.32. The van der Waals surface area contributed by atoms with Crippen LogP contribution in [0.15, 0.2) is 34.7 Å². The number of hydrogen-bond acceptors (Lipinski definition) is 4. The van der Waals surface area contributed by atoms with Gasteiger partial charge in [0, 0.05) is 18.7 Å². The van der Waals surface area contributed by atoms with Crippen LogP contribution in [0.3, 0.4) is 0 Å². The Labute approximate surface area is 129 Å². The van der Waals surface area contributed by atoms with Gasteiger partial charge >= 0.3 is 0 Å². The predicted molar refractivity (Wildman–Crippen MR) is 82.4 cm³/mol. The molecule has 1 aromatic carbocycles. The molecule has 0 radical (unpaired) electrons. The van der Waals surface area contributed by atoms with Crippen LogP contribution >= 0.6 is 0 Å². The van der Waals surface area contributed by atoms with Gasteiger partial charge in [0.25, 0.3) is 0 Å². The summed E-state index contributed by atoms with van der Waals surface area (Å²) < 4.78 is 11.2.